The number of hydrogen-bond donors (Lipinski definition) is 1. The van der Waals surface area contributed by atoms with E-state index in [4.69, 9.17) is 5.73 Å². The van der Waals surface area contributed by atoms with Gasteiger partial charge in [0.05, 0.1) is 23.5 Å². The van der Waals surface area contributed by atoms with Crippen LogP contribution in [0.25, 0.3) is 0 Å². The molecule has 8 heteroatoms. The highest BCUT2D eigenvalue weighted by Gasteiger charge is 2.41. The maximum atomic E-state index is 12.5. The second-order valence-electron chi connectivity index (χ2n) is 4.97. The van der Waals surface area contributed by atoms with E-state index < -0.39 is 15.9 Å². The van der Waals surface area contributed by atoms with E-state index in [1.807, 2.05) is 0 Å². The van der Waals surface area contributed by atoms with Gasteiger partial charge in [0, 0.05) is 12.7 Å². The summed E-state index contributed by atoms with van der Waals surface area (Å²) in [7, 11) is -2.12. The Morgan fingerprint density at radius 1 is 1.29 bits per heavy atom. The van der Waals surface area contributed by atoms with Crippen LogP contribution in [-0.2, 0) is 23.6 Å². The van der Waals surface area contributed by atoms with E-state index in [0.717, 1.165) is 10.00 Å². The second kappa shape index (κ2) is 4.32. The number of benzene rings is 1. The number of rotatable bonds is 2. The number of nitrogens with two attached hydrogens (primary N) is 1. The lowest BCUT2D eigenvalue weighted by molar-refractivity contribution is 0.0863. The van der Waals surface area contributed by atoms with E-state index in [1.54, 1.807) is 24.7 Å². The summed E-state index contributed by atoms with van der Waals surface area (Å²) >= 11 is 0. The first kappa shape index (κ1) is 13.6. The third-order valence-corrected chi connectivity index (χ3v) is 5.22. The third kappa shape index (κ3) is 1.99. The van der Waals surface area contributed by atoms with Gasteiger partial charge in [-0.2, -0.15) is 5.10 Å². The van der Waals surface area contributed by atoms with Crippen LogP contribution in [0.4, 0.5) is 5.69 Å². The Kier molecular flexibility index (Phi) is 2.80. The molecule has 0 radical (unpaired) electrons. The second-order valence-corrected chi connectivity index (χ2v) is 6.80. The summed E-state index contributed by atoms with van der Waals surface area (Å²) in [6, 6.07) is 5.98. The normalized spacial score (nSPS) is 16.3. The van der Waals surface area contributed by atoms with Gasteiger partial charge in [0.15, 0.2) is 0 Å². The maximum Gasteiger partial charge on any atom is 0.269 e. The van der Waals surface area contributed by atoms with E-state index in [0.29, 0.717) is 11.4 Å². The van der Waals surface area contributed by atoms with Crippen molar-refractivity contribution in [3.8, 4) is 0 Å². The molecule has 0 bridgehead atoms. The standard InChI is InChI=1S/C13H14N4O3S/c1-8-5-10(16(2)15-8)7-17-13(18)11-6-9(14)3-4-12(11)21(17,19)20/h3-6H,7,14H2,1-2H3. The minimum absolute atomic E-state index is 0.000547. The lowest BCUT2D eigenvalue weighted by Gasteiger charge is -2.14. The van der Waals surface area contributed by atoms with Crippen molar-refractivity contribution in [3.63, 3.8) is 0 Å². The molecule has 2 heterocycles. The van der Waals surface area contributed by atoms with Gasteiger partial charge >= 0.3 is 0 Å². The van der Waals surface area contributed by atoms with Gasteiger partial charge in [0.25, 0.3) is 15.9 Å². The molecule has 0 atom stereocenters. The van der Waals surface area contributed by atoms with Gasteiger partial charge in [-0.1, -0.05) is 0 Å². The SMILES string of the molecule is Cc1cc(CN2C(=O)c3cc(N)ccc3S2(=O)=O)n(C)n1. The van der Waals surface area contributed by atoms with Crippen LogP contribution in [0.2, 0.25) is 0 Å². The molecular formula is C13H14N4O3S. The quantitative estimate of drug-likeness (QED) is 0.822. The Hall–Kier alpha value is -2.35. The Morgan fingerprint density at radius 2 is 2.00 bits per heavy atom. The minimum Gasteiger partial charge on any atom is -0.399 e. The molecule has 0 saturated carbocycles. The van der Waals surface area contributed by atoms with E-state index in [1.165, 1.54) is 18.2 Å². The van der Waals surface area contributed by atoms with Crippen molar-refractivity contribution < 1.29 is 13.2 Å². The molecule has 1 amide bonds. The lowest BCUT2D eigenvalue weighted by Crippen LogP contribution is -2.30. The van der Waals surface area contributed by atoms with Crippen LogP contribution in [0, 0.1) is 6.92 Å². The molecule has 110 valence electrons. The van der Waals surface area contributed by atoms with Gasteiger partial charge in [0.1, 0.15) is 4.90 Å². The van der Waals surface area contributed by atoms with E-state index in [2.05, 4.69) is 5.10 Å². The third-order valence-electron chi connectivity index (χ3n) is 3.43. The molecule has 0 fully saturated rings. The lowest BCUT2D eigenvalue weighted by atomic mass is 10.2. The topological polar surface area (TPSA) is 98.3 Å². The molecule has 1 aliphatic rings. The molecule has 0 unspecified atom stereocenters. The van der Waals surface area contributed by atoms with Crippen molar-refractivity contribution in [1.29, 1.82) is 0 Å². The Balaban J connectivity index is 2.06. The number of anilines is 1. The monoisotopic (exact) mass is 306 g/mol. The number of amides is 1. The zero-order chi connectivity index (χ0) is 15.4. The fourth-order valence-electron chi connectivity index (χ4n) is 2.42. The predicted molar refractivity (Wildman–Crippen MR) is 75.9 cm³/mol. The number of hydrogen-bond acceptors (Lipinski definition) is 5. The van der Waals surface area contributed by atoms with Crippen molar-refractivity contribution in [3.05, 3.63) is 41.2 Å². The smallest absolute Gasteiger partial charge is 0.269 e. The van der Waals surface area contributed by atoms with Crippen LogP contribution < -0.4 is 5.73 Å². The van der Waals surface area contributed by atoms with Crippen molar-refractivity contribution >= 4 is 21.6 Å². The first-order valence-electron chi connectivity index (χ1n) is 6.27. The molecule has 7 nitrogen and oxygen atoms in total. The minimum atomic E-state index is -3.83. The molecular weight excluding hydrogens is 292 g/mol. The molecule has 1 aromatic heterocycles. The molecule has 2 N–H and O–H groups in total. The summed E-state index contributed by atoms with van der Waals surface area (Å²) in [5, 5.41) is 4.15. The van der Waals surface area contributed by atoms with Crippen molar-refractivity contribution in [2.45, 2.75) is 18.4 Å². The van der Waals surface area contributed by atoms with Crippen LogP contribution in [0.15, 0.2) is 29.2 Å². The van der Waals surface area contributed by atoms with Crippen LogP contribution in [0.3, 0.4) is 0 Å². The zero-order valence-corrected chi connectivity index (χ0v) is 12.4. The molecule has 0 saturated heterocycles. The summed E-state index contributed by atoms with van der Waals surface area (Å²) in [6.07, 6.45) is 0. The van der Waals surface area contributed by atoms with Crippen LogP contribution in [-0.4, -0.2) is 28.4 Å². The number of carbonyl (C=O) groups is 1. The summed E-state index contributed by atoms with van der Waals surface area (Å²) in [5.41, 5.74) is 7.51. The summed E-state index contributed by atoms with van der Waals surface area (Å²) in [5.74, 6) is -0.559. The number of aromatic nitrogens is 2. The van der Waals surface area contributed by atoms with Crippen molar-refractivity contribution in [2.24, 2.45) is 7.05 Å². The Labute approximate surface area is 122 Å². The highest BCUT2D eigenvalue weighted by Crippen LogP contribution is 2.32. The van der Waals surface area contributed by atoms with Gasteiger partial charge in [0.2, 0.25) is 0 Å². The van der Waals surface area contributed by atoms with Crippen molar-refractivity contribution in [1.82, 2.24) is 14.1 Å². The number of nitrogen functional groups attached to an aromatic ring is 1. The fourth-order valence-corrected chi connectivity index (χ4v) is 3.94. The first-order chi connectivity index (χ1) is 9.80. The van der Waals surface area contributed by atoms with Crippen LogP contribution >= 0.6 is 0 Å². The van der Waals surface area contributed by atoms with Crippen LogP contribution in [0.1, 0.15) is 21.7 Å². The molecule has 2 aromatic rings. The molecule has 1 aromatic carbocycles. The van der Waals surface area contributed by atoms with Crippen molar-refractivity contribution in [2.75, 3.05) is 5.73 Å². The Morgan fingerprint density at radius 3 is 2.62 bits per heavy atom. The Bertz CT molecular complexity index is 854. The number of nitrogens with zero attached hydrogens (tertiary/aromatic N) is 3. The van der Waals surface area contributed by atoms with Gasteiger partial charge in [-0.3, -0.25) is 9.48 Å². The van der Waals surface area contributed by atoms with E-state index in [-0.39, 0.29) is 17.0 Å². The number of sulfonamides is 1. The van der Waals surface area contributed by atoms with Gasteiger partial charge < -0.3 is 5.73 Å². The molecule has 0 spiro atoms. The van der Waals surface area contributed by atoms with Gasteiger partial charge in [-0.15, -0.1) is 0 Å². The average molecular weight is 306 g/mol. The highest BCUT2D eigenvalue weighted by molar-refractivity contribution is 7.90. The summed E-state index contributed by atoms with van der Waals surface area (Å²) < 4.78 is 27.3. The summed E-state index contributed by atoms with van der Waals surface area (Å²) in [4.78, 5) is 12.3. The van der Waals surface area contributed by atoms with Gasteiger partial charge in [-0.05, 0) is 31.2 Å². The highest BCUT2D eigenvalue weighted by atomic mass is 32.2. The first-order valence-corrected chi connectivity index (χ1v) is 7.71. The molecule has 3 rings (SSSR count). The maximum absolute atomic E-state index is 12.5. The number of carbonyl (C=O) groups excluding carboxylic acids is 1. The molecule has 0 aliphatic carbocycles. The number of fused-ring (bicyclic) bond motifs is 1. The molecule has 21 heavy (non-hydrogen) atoms. The van der Waals surface area contributed by atoms with E-state index >= 15 is 0 Å². The predicted octanol–water partition coefficient (Wildman–Crippen LogP) is 0.655. The average Bonchev–Trinajstić information content (AvgIpc) is 2.80. The molecule has 1 aliphatic heterocycles. The largest absolute Gasteiger partial charge is 0.399 e. The summed E-state index contributed by atoms with van der Waals surface area (Å²) in [6.45, 7) is 1.76. The fraction of sp³-hybridized carbons (Fsp3) is 0.231. The van der Waals surface area contributed by atoms with Gasteiger partial charge in [-0.25, -0.2) is 12.7 Å². The van der Waals surface area contributed by atoms with Crippen LogP contribution in [0.5, 0.6) is 0 Å². The number of aryl methyl sites for hydroxylation is 2. The zero-order valence-electron chi connectivity index (χ0n) is 11.6. The van der Waals surface area contributed by atoms with E-state index in [9.17, 15) is 13.2 Å².